The van der Waals surface area contributed by atoms with E-state index in [0.717, 1.165) is 0 Å². The van der Waals surface area contributed by atoms with Gasteiger partial charge in [0.25, 0.3) is 5.91 Å². The first-order valence-corrected chi connectivity index (χ1v) is 6.03. The molecule has 0 atom stereocenters. The highest BCUT2D eigenvalue weighted by Crippen LogP contribution is 2.07. The molecular weight excluding hydrogens is 264 g/mol. The average Bonchev–Trinajstić information content (AvgIpc) is 2.70. The molecule has 1 rings (SSSR count). The number of amides is 3. The van der Waals surface area contributed by atoms with Crippen molar-refractivity contribution in [3.8, 4) is 0 Å². The van der Waals surface area contributed by atoms with Crippen molar-refractivity contribution in [3.63, 3.8) is 0 Å². The van der Waals surface area contributed by atoms with Crippen molar-refractivity contribution in [2.24, 2.45) is 0 Å². The van der Waals surface area contributed by atoms with E-state index in [1.807, 2.05) is 0 Å². The maximum atomic E-state index is 11.5. The zero-order valence-corrected chi connectivity index (χ0v) is 11.9. The van der Waals surface area contributed by atoms with E-state index in [9.17, 15) is 14.4 Å². The van der Waals surface area contributed by atoms with Crippen LogP contribution in [0.2, 0.25) is 0 Å². The lowest BCUT2D eigenvalue weighted by atomic mass is 10.1. The van der Waals surface area contributed by atoms with Crippen LogP contribution in [0.4, 0.5) is 4.79 Å². The molecule has 0 fully saturated rings. The third kappa shape index (κ3) is 5.55. The van der Waals surface area contributed by atoms with Gasteiger partial charge in [0.2, 0.25) is 5.76 Å². The van der Waals surface area contributed by atoms with Crippen LogP contribution in [0.15, 0.2) is 16.5 Å². The lowest BCUT2D eigenvalue weighted by molar-refractivity contribution is -0.123. The number of nitrogens with one attached hydrogen (secondary N) is 2. The van der Waals surface area contributed by atoms with Gasteiger partial charge in [-0.3, -0.25) is 10.1 Å². The maximum Gasteiger partial charge on any atom is 0.374 e. The SMILES string of the molecule is Cc1ccc(C(=O)OCC(=O)NC(=O)NC(C)(C)C)o1. The van der Waals surface area contributed by atoms with Crippen molar-refractivity contribution in [2.75, 3.05) is 6.61 Å². The van der Waals surface area contributed by atoms with Crippen LogP contribution in [0.1, 0.15) is 37.1 Å². The van der Waals surface area contributed by atoms with Gasteiger partial charge in [0.05, 0.1) is 0 Å². The topological polar surface area (TPSA) is 97.6 Å². The van der Waals surface area contributed by atoms with Gasteiger partial charge in [-0.05, 0) is 39.8 Å². The fourth-order valence-electron chi connectivity index (χ4n) is 1.28. The largest absolute Gasteiger partial charge is 0.454 e. The molecule has 7 heteroatoms. The predicted molar refractivity (Wildman–Crippen MR) is 70.2 cm³/mol. The minimum atomic E-state index is -0.760. The van der Waals surface area contributed by atoms with Gasteiger partial charge < -0.3 is 14.5 Å². The number of hydrogen-bond acceptors (Lipinski definition) is 5. The third-order valence-electron chi connectivity index (χ3n) is 2.02. The second kappa shape index (κ2) is 6.23. The molecule has 110 valence electrons. The van der Waals surface area contributed by atoms with E-state index in [4.69, 9.17) is 9.15 Å². The summed E-state index contributed by atoms with van der Waals surface area (Å²) in [5, 5.41) is 4.59. The summed E-state index contributed by atoms with van der Waals surface area (Å²) in [5.41, 5.74) is -0.466. The summed E-state index contributed by atoms with van der Waals surface area (Å²) in [6, 6.07) is 2.40. The fourth-order valence-corrected chi connectivity index (χ4v) is 1.28. The summed E-state index contributed by atoms with van der Waals surface area (Å²) in [5.74, 6) is -0.909. The van der Waals surface area contributed by atoms with Crippen LogP contribution in [0.3, 0.4) is 0 Å². The number of carbonyl (C=O) groups is 3. The molecule has 0 aliphatic rings. The van der Waals surface area contributed by atoms with Crippen LogP contribution in [0.25, 0.3) is 0 Å². The van der Waals surface area contributed by atoms with Crippen LogP contribution >= 0.6 is 0 Å². The average molecular weight is 282 g/mol. The molecule has 0 unspecified atom stereocenters. The third-order valence-corrected chi connectivity index (χ3v) is 2.02. The van der Waals surface area contributed by atoms with Gasteiger partial charge in [-0.25, -0.2) is 9.59 Å². The molecule has 7 nitrogen and oxygen atoms in total. The van der Waals surface area contributed by atoms with Crippen molar-refractivity contribution >= 4 is 17.9 Å². The highest BCUT2D eigenvalue weighted by atomic mass is 16.5. The number of aryl methyl sites for hydroxylation is 1. The van der Waals surface area contributed by atoms with Crippen LogP contribution in [0, 0.1) is 6.92 Å². The van der Waals surface area contributed by atoms with Crippen molar-refractivity contribution in [1.29, 1.82) is 0 Å². The second-order valence-electron chi connectivity index (χ2n) is 5.24. The molecule has 0 aromatic carbocycles. The van der Waals surface area contributed by atoms with Gasteiger partial charge in [0.15, 0.2) is 6.61 Å². The highest BCUT2D eigenvalue weighted by Gasteiger charge is 2.17. The molecule has 0 aliphatic carbocycles. The number of imide groups is 1. The maximum absolute atomic E-state index is 11.5. The summed E-state index contributed by atoms with van der Waals surface area (Å²) >= 11 is 0. The van der Waals surface area contributed by atoms with E-state index in [1.165, 1.54) is 6.07 Å². The Morgan fingerprint density at radius 2 is 1.90 bits per heavy atom. The number of hydrogen-bond donors (Lipinski definition) is 2. The van der Waals surface area contributed by atoms with Crippen LogP contribution in [0.5, 0.6) is 0 Å². The number of furan rings is 1. The van der Waals surface area contributed by atoms with Gasteiger partial charge in [0, 0.05) is 5.54 Å². The molecule has 1 heterocycles. The molecule has 2 N–H and O–H groups in total. The first kappa shape index (κ1) is 15.7. The molecule has 1 aromatic rings. The zero-order chi connectivity index (χ0) is 15.3. The number of rotatable bonds is 3. The number of carbonyl (C=O) groups excluding carboxylic acids is 3. The quantitative estimate of drug-likeness (QED) is 0.816. The zero-order valence-electron chi connectivity index (χ0n) is 11.9. The lowest BCUT2D eigenvalue weighted by Crippen LogP contribution is -2.49. The summed E-state index contributed by atoms with van der Waals surface area (Å²) in [6.07, 6.45) is 0. The Labute approximate surface area is 116 Å². The number of urea groups is 1. The smallest absolute Gasteiger partial charge is 0.374 e. The first-order chi connectivity index (χ1) is 9.17. The molecule has 3 amide bonds. The number of ether oxygens (including phenoxy) is 1. The van der Waals surface area contributed by atoms with E-state index in [1.54, 1.807) is 33.8 Å². The Bertz CT molecular complexity index is 513. The molecule has 0 spiro atoms. The van der Waals surface area contributed by atoms with Crippen molar-refractivity contribution < 1.29 is 23.5 Å². The second-order valence-corrected chi connectivity index (χ2v) is 5.24. The van der Waals surface area contributed by atoms with Crippen LogP contribution in [-0.2, 0) is 9.53 Å². The highest BCUT2D eigenvalue weighted by molar-refractivity contribution is 5.96. The van der Waals surface area contributed by atoms with E-state index in [2.05, 4.69) is 10.6 Å². The molecule has 0 saturated carbocycles. The minimum absolute atomic E-state index is 0.00874. The van der Waals surface area contributed by atoms with Gasteiger partial charge in [-0.15, -0.1) is 0 Å². The fraction of sp³-hybridized carbons (Fsp3) is 0.462. The molecular formula is C13H18N2O5. The standard InChI is InChI=1S/C13H18N2O5/c1-8-5-6-9(20-8)11(17)19-7-10(16)14-12(18)15-13(2,3)4/h5-6H,7H2,1-4H3,(H2,14,15,16,18). The Morgan fingerprint density at radius 3 is 2.40 bits per heavy atom. The van der Waals surface area contributed by atoms with E-state index >= 15 is 0 Å². The molecule has 0 aliphatic heterocycles. The minimum Gasteiger partial charge on any atom is -0.454 e. The van der Waals surface area contributed by atoms with Gasteiger partial charge in [-0.2, -0.15) is 0 Å². The first-order valence-electron chi connectivity index (χ1n) is 6.03. The van der Waals surface area contributed by atoms with Crippen molar-refractivity contribution in [3.05, 3.63) is 23.7 Å². The molecule has 1 aromatic heterocycles. The van der Waals surface area contributed by atoms with Gasteiger partial charge in [-0.1, -0.05) is 0 Å². The van der Waals surface area contributed by atoms with Crippen molar-refractivity contribution in [2.45, 2.75) is 33.2 Å². The van der Waals surface area contributed by atoms with Crippen LogP contribution < -0.4 is 10.6 Å². The predicted octanol–water partition coefficient (Wildman–Crippen LogP) is 1.37. The van der Waals surface area contributed by atoms with Gasteiger partial charge in [0.1, 0.15) is 5.76 Å². The lowest BCUT2D eigenvalue weighted by Gasteiger charge is -2.20. The Kier molecular flexibility index (Phi) is 4.90. The summed E-state index contributed by atoms with van der Waals surface area (Å²) in [4.78, 5) is 34.3. The molecule has 0 radical (unpaired) electrons. The van der Waals surface area contributed by atoms with Crippen molar-refractivity contribution in [1.82, 2.24) is 10.6 Å². The van der Waals surface area contributed by atoms with Gasteiger partial charge >= 0.3 is 12.0 Å². The molecule has 20 heavy (non-hydrogen) atoms. The Morgan fingerprint density at radius 1 is 1.25 bits per heavy atom. The summed E-state index contributed by atoms with van der Waals surface area (Å²) in [6.45, 7) is 6.44. The van der Waals surface area contributed by atoms with E-state index in [-0.39, 0.29) is 5.76 Å². The Hall–Kier alpha value is -2.31. The monoisotopic (exact) mass is 282 g/mol. The van der Waals surface area contributed by atoms with Crippen LogP contribution in [-0.4, -0.2) is 30.1 Å². The molecule has 0 bridgehead atoms. The van der Waals surface area contributed by atoms with E-state index in [0.29, 0.717) is 5.76 Å². The van der Waals surface area contributed by atoms with E-state index < -0.39 is 30.1 Å². The Balaban J connectivity index is 2.37. The number of esters is 1. The normalized spacial score (nSPS) is 10.8. The summed E-state index contributed by atoms with van der Waals surface area (Å²) < 4.78 is 9.75. The summed E-state index contributed by atoms with van der Waals surface area (Å²) in [7, 11) is 0. The molecule has 0 saturated heterocycles.